The Morgan fingerprint density at radius 3 is 2.71 bits per heavy atom. The Kier molecular flexibility index (Phi) is 5.30. The minimum Gasteiger partial charge on any atom is -0.406 e. The number of anilines is 1. The number of fused-ring (bicyclic) bond motifs is 2. The van der Waals surface area contributed by atoms with Crippen molar-refractivity contribution in [2.24, 2.45) is 0 Å². The summed E-state index contributed by atoms with van der Waals surface area (Å²) in [5, 5.41) is 4.03. The standard InChI is InChI=1S/C23H18F4N6O2/c1-12(16-10-15(2-3-18(16)24)35-23(25,26)27)32-6-5-19-17(21(32)34)8-14(11-29-19)13-4-7-33-20(9-13)30-22(28)31-33/h2-4,7-12H,5-6H2,1H3,(H2,28,31). The molecule has 1 amide bonds. The van der Waals surface area contributed by atoms with Crippen molar-refractivity contribution in [1.29, 1.82) is 0 Å². The van der Waals surface area contributed by atoms with Crippen molar-refractivity contribution in [2.75, 3.05) is 12.3 Å². The Hall–Kier alpha value is -4.22. The fourth-order valence-corrected chi connectivity index (χ4v) is 4.17. The largest absolute Gasteiger partial charge is 0.573 e. The average molecular weight is 486 g/mol. The van der Waals surface area contributed by atoms with Gasteiger partial charge >= 0.3 is 6.36 Å². The molecule has 2 N–H and O–H groups in total. The summed E-state index contributed by atoms with van der Waals surface area (Å²) in [5.41, 5.74) is 8.39. The summed E-state index contributed by atoms with van der Waals surface area (Å²) >= 11 is 0. The molecule has 12 heteroatoms. The first-order chi connectivity index (χ1) is 16.6. The Morgan fingerprint density at radius 2 is 1.94 bits per heavy atom. The van der Waals surface area contributed by atoms with Crippen LogP contribution in [0.5, 0.6) is 5.75 Å². The first-order valence-electron chi connectivity index (χ1n) is 10.6. The number of nitrogens with two attached hydrogens (primary N) is 1. The zero-order valence-corrected chi connectivity index (χ0v) is 18.3. The fourth-order valence-electron chi connectivity index (χ4n) is 4.17. The smallest absolute Gasteiger partial charge is 0.406 e. The predicted octanol–water partition coefficient (Wildman–Crippen LogP) is 4.17. The Balaban J connectivity index is 1.45. The molecule has 180 valence electrons. The molecule has 3 aromatic heterocycles. The number of carbonyl (C=O) groups is 1. The lowest BCUT2D eigenvalue weighted by Crippen LogP contribution is -2.40. The number of nitrogen functional groups attached to an aromatic ring is 1. The minimum absolute atomic E-state index is 0.0810. The van der Waals surface area contributed by atoms with Gasteiger partial charge in [0, 0.05) is 36.5 Å². The molecule has 4 aromatic rings. The van der Waals surface area contributed by atoms with Gasteiger partial charge in [-0.1, -0.05) is 0 Å². The summed E-state index contributed by atoms with van der Waals surface area (Å²) in [6, 6.07) is 7.12. The van der Waals surface area contributed by atoms with Gasteiger partial charge in [0.1, 0.15) is 11.6 Å². The van der Waals surface area contributed by atoms with Crippen molar-refractivity contribution in [3.63, 3.8) is 0 Å². The van der Waals surface area contributed by atoms with Gasteiger partial charge in [0.05, 0.1) is 17.3 Å². The van der Waals surface area contributed by atoms with Crippen LogP contribution in [-0.2, 0) is 6.42 Å². The van der Waals surface area contributed by atoms with Gasteiger partial charge < -0.3 is 15.4 Å². The minimum atomic E-state index is -4.92. The van der Waals surface area contributed by atoms with Gasteiger partial charge in [-0.25, -0.2) is 8.91 Å². The van der Waals surface area contributed by atoms with Crippen LogP contribution in [0.15, 0.2) is 48.8 Å². The van der Waals surface area contributed by atoms with E-state index < -0.39 is 29.9 Å². The molecule has 0 fully saturated rings. The van der Waals surface area contributed by atoms with E-state index in [4.69, 9.17) is 5.73 Å². The number of benzene rings is 1. The number of aromatic nitrogens is 4. The normalized spacial score (nSPS) is 14.8. The summed E-state index contributed by atoms with van der Waals surface area (Å²) < 4.78 is 57.8. The second-order valence-corrected chi connectivity index (χ2v) is 8.06. The maximum atomic E-state index is 14.5. The van der Waals surface area contributed by atoms with Gasteiger partial charge in [0.25, 0.3) is 5.91 Å². The lowest BCUT2D eigenvalue weighted by Gasteiger charge is -2.34. The van der Waals surface area contributed by atoms with Crippen LogP contribution in [0, 0.1) is 5.82 Å². The number of ether oxygens (including phenoxy) is 1. The molecular formula is C23H18F4N6O2. The molecule has 1 aromatic carbocycles. The number of pyridine rings is 2. The summed E-state index contributed by atoms with van der Waals surface area (Å²) in [6.45, 7) is 1.79. The van der Waals surface area contributed by atoms with E-state index in [1.54, 1.807) is 37.5 Å². The van der Waals surface area contributed by atoms with Crippen LogP contribution < -0.4 is 10.5 Å². The molecule has 5 rings (SSSR count). The molecule has 0 saturated heterocycles. The van der Waals surface area contributed by atoms with E-state index in [9.17, 15) is 22.4 Å². The quantitative estimate of drug-likeness (QED) is 0.435. The first kappa shape index (κ1) is 22.6. The van der Waals surface area contributed by atoms with E-state index in [0.29, 0.717) is 28.9 Å². The van der Waals surface area contributed by atoms with E-state index in [0.717, 1.165) is 23.8 Å². The molecule has 0 radical (unpaired) electrons. The van der Waals surface area contributed by atoms with Crippen LogP contribution in [0.1, 0.15) is 34.6 Å². The van der Waals surface area contributed by atoms with Gasteiger partial charge in [0.2, 0.25) is 5.95 Å². The number of hydrogen-bond acceptors (Lipinski definition) is 6. The average Bonchev–Trinajstić information content (AvgIpc) is 3.18. The summed E-state index contributed by atoms with van der Waals surface area (Å²) in [7, 11) is 0. The van der Waals surface area contributed by atoms with Crippen LogP contribution >= 0.6 is 0 Å². The fraction of sp³-hybridized carbons (Fsp3) is 0.217. The molecule has 0 bridgehead atoms. The van der Waals surface area contributed by atoms with E-state index in [1.165, 1.54) is 9.42 Å². The highest BCUT2D eigenvalue weighted by molar-refractivity contribution is 5.97. The van der Waals surface area contributed by atoms with Crippen molar-refractivity contribution in [1.82, 2.24) is 24.5 Å². The Bertz CT molecular complexity index is 1450. The number of nitrogens with zero attached hydrogens (tertiary/aromatic N) is 5. The lowest BCUT2D eigenvalue weighted by molar-refractivity contribution is -0.274. The maximum Gasteiger partial charge on any atom is 0.573 e. The maximum absolute atomic E-state index is 14.5. The molecule has 1 aliphatic rings. The van der Waals surface area contributed by atoms with Gasteiger partial charge in [-0.2, -0.15) is 4.98 Å². The third kappa shape index (κ3) is 4.34. The van der Waals surface area contributed by atoms with E-state index in [1.807, 2.05) is 0 Å². The first-order valence-corrected chi connectivity index (χ1v) is 10.6. The van der Waals surface area contributed by atoms with Crippen molar-refractivity contribution < 1.29 is 27.1 Å². The summed E-state index contributed by atoms with van der Waals surface area (Å²) in [5.74, 6) is -1.57. The van der Waals surface area contributed by atoms with Crippen molar-refractivity contribution in [3.8, 4) is 16.9 Å². The van der Waals surface area contributed by atoms with Gasteiger partial charge in [-0.3, -0.25) is 9.78 Å². The second-order valence-electron chi connectivity index (χ2n) is 8.06. The van der Waals surface area contributed by atoms with Crippen LogP contribution in [0.2, 0.25) is 0 Å². The van der Waals surface area contributed by atoms with Gasteiger partial charge in [-0.15, -0.1) is 18.3 Å². The topological polar surface area (TPSA) is 98.6 Å². The van der Waals surface area contributed by atoms with E-state index in [-0.39, 0.29) is 18.1 Å². The number of hydrogen-bond donors (Lipinski definition) is 1. The lowest BCUT2D eigenvalue weighted by atomic mass is 9.97. The highest BCUT2D eigenvalue weighted by Crippen LogP contribution is 2.33. The molecule has 35 heavy (non-hydrogen) atoms. The molecule has 1 aliphatic heterocycles. The molecule has 4 heterocycles. The molecular weight excluding hydrogens is 468 g/mol. The molecule has 0 spiro atoms. The van der Waals surface area contributed by atoms with Crippen molar-refractivity contribution >= 4 is 17.5 Å². The molecule has 1 atom stereocenters. The Labute approximate surface area is 196 Å². The van der Waals surface area contributed by atoms with Gasteiger partial charge in [0.15, 0.2) is 5.65 Å². The monoisotopic (exact) mass is 486 g/mol. The zero-order chi connectivity index (χ0) is 24.9. The van der Waals surface area contributed by atoms with E-state index >= 15 is 0 Å². The van der Waals surface area contributed by atoms with Gasteiger partial charge in [-0.05, 0) is 48.9 Å². The highest BCUT2D eigenvalue weighted by atomic mass is 19.4. The van der Waals surface area contributed by atoms with Crippen LogP contribution in [0.3, 0.4) is 0 Å². The number of rotatable bonds is 4. The molecule has 1 unspecified atom stereocenters. The molecule has 0 aliphatic carbocycles. The SMILES string of the molecule is CC(c1cc(OC(F)(F)F)ccc1F)N1CCc2ncc(-c3ccn4nc(N)nc4c3)cc2C1=O. The van der Waals surface area contributed by atoms with Crippen LogP contribution in [-0.4, -0.2) is 43.3 Å². The number of carbonyl (C=O) groups excluding carboxylic acids is 1. The Morgan fingerprint density at radius 1 is 1.14 bits per heavy atom. The number of amides is 1. The van der Waals surface area contributed by atoms with Crippen LogP contribution in [0.25, 0.3) is 16.8 Å². The third-order valence-electron chi connectivity index (χ3n) is 5.86. The van der Waals surface area contributed by atoms with Crippen molar-refractivity contribution in [3.05, 3.63) is 71.4 Å². The molecule has 8 nitrogen and oxygen atoms in total. The highest BCUT2D eigenvalue weighted by Gasteiger charge is 2.33. The number of alkyl halides is 3. The number of halogens is 4. The predicted molar refractivity (Wildman–Crippen MR) is 117 cm³/mol. The molecule has 0 saturated carbocycles. The summed E-state index contributed by atoms with van der Waals surface area (Å²) in [6.07, 6.45) is -1.18. The van der Waals surface area contributed by atoms with Crippen molar-refractivity contribution in [2.45, 2.75) is 25.7 Å². The second kappa shape index (κ2) is 8.22. The zero-order valence-electron chi connectivity index (χ0n) is 18.3. The third-order valence-corrected chi connectivity index (χ3v) is 5.86. The summed E-state index contributed by atoms with van der Waals surface area (Å²) in [4.78, 5) is 23.3. The van der Waals surface area contributed by atoms with Crippen LogP contribution in [0.4, 0.5) is 23.5 Å². The van der Waals surface area contributed by atoms with E-state index in [2.05, 4.69) is 19.8 Å².